The molecule has 1 aromatic carbocycles. The van der Waals surface area contributed by atoms with Crippen molar-refractivity contribution in [3.05, 3.63) is 24.3 Å². The van der Waals surface area contributed by atoms with Gasteiger partial charge in [0, 0.05) is 11.8 Å². The summed E-state index contributed by atoms with van der Waals surface area (Å²) in [6.07, 6.45) is 1.05. The second-order valence-corrected chi connectivity index (χ2v) is 6.83. The molecule has 120 valence electrons. The highest BCUT2D eigenvalue weighted by Gasteiger charge is 2.30. The number of sulfonamides is 1. The average Bonchev–Trinajstić information content (AvgIpc) is 2.45. The highest BCUT2D eigenvalue weighted by Crippen LogP contribution is 2.17. The molecule has 0 spiro atoms. The molecule has 0 saturated heterocycles. The van der Waals surface area contributed by atoms with Crippen molar-refractivity contribution >= 4 is 15.7 Å². The van der Waals surface area contributed by atoms with Gasteiger partial charge in [-0.05, 0) is 25.0 Å². The van der Waals surface area contributed by atoms with Gasteiger partial charge in [-0.15, -0.1) is 0 Å². The number of hydrogen-bond donors (Lipinski definition) is 3. The third-order valence-corrected chi connectivity index (χ3v) is 4.96. The fourth-order valence-corrected chi connectivity index (χ4v) is 3.32. The number of hydrogen-bond acceptors (Lipinski definition) is 5. The van der Waals surface area contributed by atoms with E-state index in [1.165, 1.54) is 0 Å². The Kier molecular flexibility index (Phi) is 6.44. The Hall–Kier alpha value is -1.31. The molecule has 0 fully saturated rings. The molecule has 1 rings (SSSR count). The third kappa shape index (κ3) is 5.53. The molecule has 0 amide bonds. The largest absolute Gasteiger partial charge is 0.492 e. The van der Waals surface area contributed by atoms with Crippen LogP contribution in [-0.4, -0.2) is 38.0 Å². The van der Waals surface area contributed by atoms with Gasteiger partial charge in [-0.1, -0.05) is 19.9 Å². The van der Waals surface area contributed by atoms with Crippen molar-refractivity contribution in [3.63, 3.8) is 0 Å². The lowest BCUT2D eigenvalue weighted by atomic mass is 9.96. The maximum atomic E-state index is 12.1. The molecule has 0 bridgehead atoms. The van der Waals surface area contributed by atoms with Gasteiger partial charge in [0.15, 0.2) is 0 Å². The molecule has 0 aliphatic carbocycles. The van der Waals surface area contributed by atoms with E-state index >= 15 is 0 Å². The summed E-state index contributed by atoms with van der Waals surface area (Å²) < 4.78 is 32.1. The summed E-state index contributed by atoms with van der Waals surface area (Å²) in [6, 6.07) is 6.81. The molecule has 1 aromatic rings. The molecular formula is C14H24N2O4S. The van der Waals surface area contributed by atoms with E-state index in [-0.39, 0.29) is 19.0 Å². The molecule has 0 aromatic heterocycles. The minimum absolute atomic E-state index is 0.0216. The van der Waals surface area contributed by atoms with E-state index in [0.717, 1.165) is 0 Å². The Bertz CT molecular complexity index is 533. The van der Waals surface area contributed by atoms with Gasteiger partial charge in [-0.25, -0.2) is 13.1 Å². The zero-order chi connectivity index (χ0) is 15.9. The van der Waals surface area contributed by atoms with Gasteiger partial charge in [0.1, 0.15) is 12.4 Å². The number of nitrogens with two attached hydrogens (primary N) is 1. The van der Waals surface area contributed by atoms with Crippen LogP contribution in [-0.2, 0) is 10.0 Å². The number of aliphatic hydroxyl groups is 1. The molecule has 0 aliphatic rings. The zero-order valence-corrected chi connectivity index (χ0v) is 13.3. The Labute approximate surface area is 126 Å². The number of ether oxygens (including phenoxy) is 1. The number of benzene rings is 1. The number of nitrogen functional groups attached to an aromatic ring is 1. The summed E-state index contributed by atoms with van der Waals surface area (Å²) in [5.41, 5.74) is 5.38. The predicted octanol–water partition coefficient (Wildman–Crippen LogP) is 1.12. The smallest absolute Gasteiger partial charge is 0.215 e. The fourth-order valence-electron chi connectivity index (χ4n) is 1.90. The SMILES string of the molecule is CCC(CC)(CO)NS(=O)(=O)CCOc1cccc(N)c1. The monoisotopic (exact) mass is 316 g/mol. The fraction of sp³-hybridized carbons (Fsp3) is 0.571. The van der Waals surface area contributed by atoms with Gasteiger partial charge in [0.25, 0.3) is 0 Å². The molecule has 0 radical (unpaired) electrons. The molecule has 0 aliphatic heterocycles. The second-order valence-electron chi connectivity index (χ2n) is 4.99. The van der Waals surface area contributed by atoms with Crippen LogP contribution >= 0.6 is 0 Å². The minimum Gasteiger partial charge on any atom is -0.492 e. The zero-order valence-electron chi connectivity index (χ0n) is 12.5. The van der Waals surface area contributed by atoms with Crippen LogP contribution < -0.4 is 15.2 Å². The van der Waals surface area contributed by atoms with Gasteiger partial charge < -0.3 is 15.6 Å². The molecule has 0 atom stereocenters. The van der Waals surface area contributed by atoms with Crippen LogP contribution in [0.25, 0.3) is 0 Å². The first-order valence-corrected chi connectivity index (χ1v) is 8.62. The topological polar surface area (TPSA) is 102 Å². The summed E-state index contributed by atoms with van der Waals surface area (Å²) in [7, 11) is -3.52. The summed E-state index contributed by atoms with van der Waals surface area (Å²) in [5, 5.41) is 9.40. The summed E-state index contributed by atoms with van der Waals surface area (Å²) >= 11 is 0. The van der Waals surface area contributed by atoms with E-state index < -0.39 is 15.6 Å². The van der Waals surface area contributed by atoms with Crippen LogP contribution in [0.3, 0.4) is 0 Å². The van der Waals surface area contributed by atoms with E-state index in [1.54, 1.807) is 24.3 Å². The van der Waals surface area contributed by atoms with Crippen LogP contribution in [0.15, 0.2) is 24.3 Å². The van der Waals surface area contributed by atoms with E-state index in [9.17, 15) is 13.5 Å². The average molecular weight is 316 g/mol. The molecule has 7 heteroatoms. The van der Waals surface area contributed by atoms with E-state index in [0.29, 0.717) is 24.3 Å². The minimum atomic E-state index is -3.52. The lowest BCUT2D eigenvalue weighted by molar-refractivity contribution is 0.172. The highest BCUT2D eigenvalue weighted by molar-refractivity contribution is 7.89. The van der Waals surface area contributed by atoms with Gasteiger partial charge in [-0.2, -0.15) is 0 Å². The summed E-state index contributed by atoms with van der Waals surface area (Å²) in [5.74, 6) is 0.355. The van der Waals surface area contributed by atoms with Crippen molar-refractivity contribution in [3.8, 4) is 5.75 Å². The Morgan fingerprint density at radius 3 is 2.52 bits per heavy atom. The first-order valence-electron chi connectivity index (χ1n) is 6.97. The molecule has 0 saturated carbocycles. The Morgan fingerprint density at radius 2 is 2.00 bits per heavy atom. The van der Waals surface area contributed by atoms with E-state index in [1.807, 2.05) is 13.8 Å². The van der Waals surface area contributed by atoms with Crippen LogP contribution in [0.1, 0.15) is 26.7 Å². The Balaban J connectivity index is 2.57. The maximum Gasteiger partial charge on any atom is 0.215 e. The number of rotatable bonds is 9. The van der Waals surface area contributed by atoms with Gasteiger partial charge >= 0.3 is 0 Å². The summed E-state index contributed by atoms with van der Waals surface area (Å²) in [6.45, 7) is 3.47. The van der Waals surface area contributed by atoms with Crippen LogP contribution in [0.5, 0.6) is 5.75 Å². The number of nitrogens with one attached hydrogen (secondary N) is 1. The molecule has 6 nitrogen and oxygen atoms in total. The second kappa shape index (κ2) is 7.63. The number of aliphatic hydroxyl groups excluding tert-OH is 1. The third-order valence-electron chi connectivity index (χ3n) is 3.51. The van der Waals surface area contributed by atoms with Crippen LogP contribution in [0, 0.1) is 0 Å². The molecular weight excluding hydrogens is 292 g/mol. The quantitative estimate of drug-likeness (QED) is 0.593. The maximum absolute atomic E-state index is 12.1. The molecule has 4 N–H and O–H groups in total. The van der Waals surface area contributed by atoms with Crippen LogP contribution in [0.2, 0.25) is 0 Å². The van der Waals surface area contributed by atoms with Crippen molar-refractivity contribution in [2.24, 2.45) is 0 Å². The van der Waals surface area contributed by atoms with Gasteiger partial charge in [-0.3, -0.25) is 0 Å². The first-order chi connectivity index (χ1) is 9.86. The van der Waals surface area contributed by atoms with Crippen molar-refractivity contribution < 1.29 is 18.3 Å². The highest BCUT2D eigenvalue weighted by atomic mass is 32.2. The van der Waals surface area contributed by atoms with Crippen molar-refractivity contribution in [1.29, 1.82) is 0 Å². The normalized spacial score (nSPS) is 12.3. The van der Waals surface area contributed by atoms with Crippen molar-refractivity contribution in [2.45, 2.75) is 32.2 Å². The predicted molar refractivity (Wildman–Crippen MR) is 83.7 cm³/mol. The van der Waals surface area contributed by atoms with E-state index in [4.69, 9.17) is 10.5 Å². The number of anilines is 1. The lowest BCUT2D eigenvalue weighted by Crippen LogP contribution is -2.51. The van der Waals surface area contributed by atoms with Crippen molar-refractivity contribution in [2.75, 3.05) is 24.7 Å². The van der Waals surface area contributed by atoms with E-state index in [2.05, 4.69) is 4.72 Å². The van der Waals surface area contributed by atoms with Gasteiger partial charge in [0.2, 0.25) is 10.0 Å². The standard InChI is InChI=1S/C14H24N2O4S/c1-3-14(4-2,11-17)16-21(18,19)9-8-20-13-7-5-6-12(15)10-13/h5-7,10,16-17H,3-4,8-9,11,15H2,1-2H3. The van der Waals surface area contributed by atoms with Crippen molar-refractivity contribution in [1.82, 2.24) is 4.72 Å². The first kappa shape index (κ1) is 17.7. The van der Waals surface area contributed by atoms with Crippen LogP contribution in [0.4, 0.5) is 5.69 Å². The molecule has 21 heavy (non-hydrogen) atoms. The molecule has 0 unspecified atom stereocenters. The van der Waals surface area contributed by atoms with Gasteiger partial charge in [0.05, 0.1) is 17.9 Å². The Morgan fingerprint density at radius 1 is 1.33 bits per heavy atom. The lowest BCUT2D eigenvalue weighted by Gasteiger charge is -2.30. The molecule has 0 heterocycles. The summed E-state index contributed by atoms with van der Waals surface area (Å²) in [4.78, 5) is 0.